The molecule has 0 amide bonds. The number of halogens is 3. The Morgan fingerprint density at radius 3 is 2.33 bits per heavy atom. The van der Waals surface area contributed by atoms with Gasteiger partial charge in [0, 0.05) is 6.54 Å². The van der Waals surface area contributed by atoms with E-state index in [9.17, 15) is 18.0 Å². The zero-order valence-electron chi connectivity index (χ0n) is 12.9. The standard InChI is InChI=1S/C14H25F3N2O2/c1-4-21-12(20)13(2,18-3)7-10-19-8-5-11(6-9-19)14(15,16)17/h11,18H,4-10H2,1-3H3. The van der Waals surface area contributed by atoms with Gasteiger partial charge in [-0.3, -0.25) is 4.79 Å². The molecule has 0 aliphatic carbocycles. The van der Waals surface area contributed by atoms with Crippen LogP contribution < -0.4 is 5.32 Å². The first-order chi connectivity index (χ1) is 9.73. The van der Waals surface area contributed by atoms with Crippen molar-refractivity contribution in [1.82, 2.24) is 10.2 Å². The van der Waals surface area contributed by atoms with Crippen LogP contribution in [0.25, 0.3) is 0 Å². The molecule has 124 valence electrons. The Kier molecular flexibility index (Phi) is 6.46. The molecule has 7 heteroatoms. The summed E-state index contributed by atoms with van der Waals surface area (Å²) < 4.78 is 42.8. The molecule has 0 aromatic carbocycles. The zero-order chi connectivity index (χ0) is 16.1. The van der Waals surface area contributed by atoms with Gasteiger partial charge in [0.2, 0.25) is 0 Å². The highest BCUT2D eigenvalue weighted by atomic mass is 19.4. The number of hydrogen-bond donors (Lipinski definition) is 1. The van der Waals surface area contributed by atoms with Crippen LogP contribution >= 0.6 is 0 Å². The molecule has 1 rings (SSSR count). The minimum absolute atomic E-state index is 0.138. The third-order valence-electron chi connectivity index (χ3n) is 4.26. The highest BCUT2D eigenvalue weighted by molar-refractivity contribution is 5.80. The summed E-state index contributed by atoms with van der Waals surface area (Å²) >= 11 is 0. The molecular formula is C14H25F3N2O2. The Bertz CT molecular complexity index is 342. The van der Waals surface area contributed by atoms with E-state index in [2.05, 4.69) is 5.32 Å². The van der Waals surface area contributed by atoms with E-state index in [4.69, 9.17) is 4.74 Å². The average Bonchev–Trinajstić information content (AvgIpc) is 2.44. The number of nitrogens with one attached hydrogen (secondary N) is 1. The maximum absolute atomic E-state index is 12.6. The zero-order valence-corrected chi connectivity index (χ0v) is 12.9. The molecule has 1 atom stereocenters. The van der Waals surface area contributed by atoms with Crippen molar-refractivity contribution in [2.75, 3.05) is 33.3 Å². The number of hydrogen-bond acceptors (Lipinski definition) is 4. The van der Waals surface area contributed by atoms with Crippen LogP contribution in [-0.4, -0.2) is 55.9 Å². The molecule has 21 heavy (non-hydrogen) atoms. The van der Waals surface area contributed by atoms with Gasteiger partial charge in [0.05, 0.1) is 12.5 Å². The summed E-state index contributed by atoms with van der Waals surface area (Å²) in [7, 11) is 1.69. The molecule has 1 aliphatic heterocycles. The molecule has 0 radical (unpaired) electrons. The topological polar surface area (TPSA) is 41.6 Å². The molecule has 4 nitrogen and oxygen atoms in total. The number of carbonyl (C=O) groups excluding carboxylic acids is 1. The predicted octanol–water partition coefficient (Wildman–Crippen LogP) is 2.19. The van der Waals surface area contributed by atoms with Gasteiger partial charge in [0.15, 0.2) is 0 Å². The number of esters is 1. The van der Waals surface area contributed by atoms with Crippen molar-refractivity contribution in [1.29, 1.82) is 0 Å². The van der Waals surface area contributed by atoms with Crippen molar-refractivity contribution in [2.45, 2.75) is 44.8 Å². The summed E-state index contributed by atoms with van der Waals surface area (Å²) in [6.45, 7) is 5.25. The van der Waals surface area contributed by atoms with Crippen molar-refractivity contribution in [3.8, 4) is 0 Å². The van der Waals surface area contributed by atoms with Crippen LogP contribution in [0.15, 0.2) is 0 Å². The lowest BCUT2D eigenvalue weighted by Gasteiger charge is -2.35. The Balaban J connectivity index is 2.44. The van der Waals surface area contributed by atoms with Gasteiger partial charge < -0.3 is 15.0 Å². The molecule has 1 heterocycles. The normalized spacial score (nSPS) is 21.0. The van der Waals surface area contributed by atoms with Crippen LogP contribution in [0.5, 0.6) is 0 Å². The van der Waals surface area contributed by atoms with E-state index in [1.54, 1.807) is 20.9 Å². The van der Waals surface area contributed by atoms with Gasteiger partial charge in [-0.15, -0.1) is 0 Å². The first-order valence-corrected chi connectivity index (χ1v) is 7.38. The highest BCUT2D eigenvalue weighted by Gasteiger charge is 2.41. The molecule has 1 saturated heterocycles. The van der Waals surface area contributed by atoms with E-state index in [0.717, 1.165) is 0 Å². The van der Waals surface area contributed by atoms with Crippen molar-refractivity contribution >= 4 is 5.97 Å². The van der Waals surface area contributed by atoms with Crippen molar-refractivity contribution in [3.05, 3.63) is 0 Å². The highest BCUT2D eigenvalue weighted by Crippen LogP contribution is 2.34. The van der Waals surface area contributed by atoms with Crippen LogP contribution in [-0.2, 0) is 9.53 Å². The lowest BCUT2D eigenvalue weighted by atomic mass is 9.94. The molecule has 1 unspecified atom stereocenters. The first kappa shape index (κ1) is 18.2. The van der Waals surface area contributed by atoms with E-state index < -0.39 is 17.6 Å². The molecule has 0 aromatic rings. The fourth-order valence-corrected chi connectivity index (χ4v) is 2.49. The summed E-state index contributed by atoms with van der Waals surface area (Å²) in [6.07, 6.45) is -3.30. The average molecular weight is 310 g/mol. The number of ether oxygens (including phenoxy) is 1. The second-order valence-corrected chi connectivity index (χ2v) is 5.71. The molecule has 0 spiro atoms. The Morgan fingerprint density at radius 1 is 1.33 bits per heavy atom. The van der Waals surface area contributed by atoms with Gasteiger partial charge in [-0.05, 0) is 53.2 Å². The third kappa shape index (κ3) is 5.14. The lowest BCUT2D eigenvalue weighted by Crippen LogP contribution is -2.51. The SMILES string of the molecule is CCOC(=O)C(C)(CCN1CCC(C(F)(F)F)CC1)NC. The summed E-state index contributed by atoms with van der Waals surface area (Å²) in [6, 6.07) is 0. The second-order valence-electron chi connectivity index (χ2n) is 5.71. The van der Waals surface area contributed by atoms with Gasteiger partial charge in [0.25, 0.3) is 0 Å². The van der Waals surface area contributed by atoms with Crippen LogP contribution in [0.3, 0.4) is 0 Å². The molecule has 1 aliphatic rings. The largest absolute Gasteiger partial charge is 0.465 e. The maximum Gasteiger partial charge on any atom is 0.391 e. The quantitative estimate of drug-likeness (QED) is 0.764. The molecular weight excluding hydrogens is 285 g/mol. The van der Waals surface area contributed by atoms with Crippen LogP contribution in [0.4, 0.5) is 13.2 Å². The van der Waals surface area contributed by atoms with E-state index in [-0.39, 0.29) is 18.8 Å². The number of likely N-dealkylation sites (tertiary alicyclic amines) is 1. The number of carbonyl (C=O) groups is 1. The molecule has 0 bridgehead atoms. The second kappa shape index (κ2) is 7.45. The van der Waals surface area contributed by atoms with Gasteiger partial charge >= 0.3 is 12.1 Å². The van der Waals surface area contributed by atoms with Crippen LogP contribution in [0.1, 0.15) is 33.1 Å². The maximum atomic E-state index is 12.6. The fourth-order valence-electron chi connectivity index (χ4n) is 2.49. The van der Waals surface area contributed by atoms with Crippen LogP contribution in [0, 0.1) is 5.92 Å². The smallest absolute Gasteiger partial charge is 0.391 e. The van der Waals surface area contributed by atoms with E-state index in [1.165, 1.54) is 0 Å². The number of nitrogens with zero attached hydrogens (tertiary/aromatic N) is 1. The predicted molar refractivity (Wildman–Crippen MR) is 73.9 cm³/mol. The van der Waals surface area contributed by atoms with Gasteiger partial charge in [0.1, 0.15) is 5.54 Å². The first-order valence-electron chi connectivity index (χ1n) is 7.38. The molecule has 0 saturated carbocycles. The Labute approximate surface area is 124 Å². The minimum Gasteiger partial charge on any atom is -0.465 e. The summed E-state index contributed by atoms with van der Waals surface area (Å²) in [5.74, 6) is -1.51. The molecule has 1 N–H and O–H groups in total. The lowest BCUT2D eigenvalue weighted by molar-refractivity contribution is -0.185. The Hall–Kier alpha value is -0.820. The number of rotatable bonds is 6. The molecule has 1 fully saturated rings. The summed E-state index contributed by atoms with van der Waals surface area (Å²) in [5.41, 5.74) is -0.795. The van der Waals surface area contributed by atoms with E-state index in [0.29, 0.717) is 32.7 Å². The fraction of sp³-hybridized carbons (Fsp3) is 0.929. The third-order valence-corrected chi connectivity index (χ3v) is 4.26. The van der Waals surface area contributed by atoms with Crippen molar-refractivity contribution in [3.63, 3.8) is 0 Å². The molecule has 0 aromatic heterocycles. The Morgan fingerprint density at radius 2 is 1.90 bits per heavy atom. The van der Waals surface area contributed by atoms with Gasteiger partial charge in [-0.1, -0.05) is 0 Å². The summed E-state index contributed by atoms with van der Waals surface area (Å²) in [4.78, 5) is 13.9. The minimum atomic E-state index is -4.09. The number of likely N-dealkylation sites (N-methyl/N-ethyl adjacent to an activating group) is 1. The van der Waals surface area contributed by atoms with Crippen molar-refractivity contribution < 1.29 is 22.7 Å². The van der Waals surface area contributed by atoms with E-state index in [1.807, 2.05) is 4.90 Å². The van der Waals surface area contributed by atoms with Gasteiger partial charge in [-0.2, -0.15) is 13.2 Å². The summed E-state index contributed by atoms with van der Waals surface area (Å²) in [5, 5.41) is 2.95. The van der Waals surface area contributed by atoms with Crippen LogP contribution in [0.2, 0.25) is 0 Å². The van der Waals surface area contributed by atoms with E-state index >= 15 is 0 Å². The number of piperidine rings is 1. The number of alkyl halides is 3. The van der Waals surface area contributed by atoms with Gasteiger partial charge in [-0.25, -0.2) is 0 Å². The van der Waals surface area contributed by atoms with Crippen molar-refractivity contribution in [2.24, 2.45) is 5.92 Å². The monoisotopic (exact) mass is 310 g/mol.